The molecule has 0 saturated carbocycles. The fourth-order valence-electron chi connectivity index (χ4n) is 1.55. The Bertz CT molecular complexity index is 424. The zero-order valence-corrected chi connectivity index (χ0v) is 13.8. The summed E-state index contributed by atoms with van der Waals surface area (Å²) < 4.78 is 6.44. The van der Waals surface area contributed by atoms with Gasteiger partial charge in [0.1, 0.15) is 4.99 Å². The number of halogens is 1. The van der Waals surface area contributed by atoms with Crippen molar-refractivity contribution in [1.29, 1.82) is 0 Å². The van der Waals surface area contributed by atoms with Crippen molar-refractivity contribution in [2.45, 2.75) is 20.3 Å². The molecule has 0 spiro atoms. The molecule has 0 aliphatic carbocycles. The molecule has 0 aliphatic heterocycles. The molecule has 0 aliphatic rings. The minimum Gasteiger partial charge on any atom is -0.389 e. The monoisotopic (exact) mass is 344 g/mol. The molecule has 1 rings (SSSR count). The number of benzene rings is 1. The van der Waals surface area contributed by atoms with Gasteiger partial charge in [0, 0.05) is 35.5 Å². The Labute approximate surface area is 129 Å². The van der Waals surface area contributed by atoms with Gasteiger partial charge in [-0.25, -0.2) is 0 Å². The molecule has 0 radical (unpaired) electrons. The second-order valence-corrected chi connectivity index (χ2v) is 6.10. The number of ether oxygens (including phenoxy) is 1. The van der Waals surface area contributed by atoms with Crippen molar-refractivity contribution in [1.82, 2.24) is 0 Å². The van der Waals surface area contributed by atoms with Gasteiger partial charge < -0.3 is 15.8 Å². The predicted molar refractivity (Wildman–Crippen MR) is 88.8 cm³/mol. The van der Waals surface area contributed by atoms with Crippen LogP contribution in [0.1, 0.15) is 25.8 Å². The summed E-state index contributed by atoms with van der Waals surface area (Å²) in [6.07, 6.45) is 0.987. The summed E-state index contributed by atoms with van der Waals surface area (Å²) in [4.78, 5) is 0.403. The lowest BCUT2D eigenvalue weighted by atomic mass is 10.2. The van der Waals surface area contributed by atoms with Gasteiger partial charge >= 0.3 is 0 Å². The van der Waals surface area contributed by atoms with Crippen molar-refractivity contribution in [2.24, 2.45) is 11.7 Å². The topological polar surface area (TPSA) is 47.3 Å². The summed E-state index contributed by atoms with van der Waals surface area (Å²) in [6, 6.07) is 5.89. The third-order valence-electron chi connectivity index (χ3n) is 2.48. The Balaban J connectivity index is 2.30. The number of nitrogens with one attached hydrogen (secondary N) is 1. The van der Waals surface area contributed by atoms with Crippen molar-refractivity contribution in [2.75, 3.05) is 25.1 Å². The van der Waals surface area contributed by atoms with Gasteiger partial charge in [0.15, 0.2) is 0 Å². The molecule has 0 aromatic heterocycles. The van der Waals surface area contributed by atoms with Crippen molar-refractivity contribution in [3.8, 4) is 0 Å². The third-order valence-corrected chi connectivity index (χ3v) is 3.36. The molecule has 0 amide bonds. The van der Waals surface area contributed by atoms with Crippen LogP contribution < -0.4 is 11.1 Å². The lowest BCUT2D eigenvalue weighted by Gasteiger charge is -2.10. The summed E-state index contributed by atoms with van der Waals surface area (Å²) in [6.45, 7) is 6.81. The van der Waals surface area contributed by atoms with Crippen LogP contribution in [-0.4, -0.2) is 24.7 Å². The standard InChI is InChI=1S/C14H21BrN2OS/c1-10(2)9-18-7-3-6-17-11-4-5-12(14(16)19)13(15)8-11/h4-5,8,10,17H,3,6-7,9H2,1-2H3,(H2,16,19). The van der Waals surface area contributed by atoms with E-state index in [0.29, 0.717) is 10.9 Å². The molecule has 1 aromatic carbocycles. The molecular formula is C14H21BrN2OS. The Kier molecular flexibility index (Phi) is 7.34. The fourth-order valence-corrected chi connectivity index (χ4v) is 2.45. The summed E-state index contributed by atoms with van der Waals surface area (Å²) in [5.41, 5.74) is 7.52. The Morgan fingerprint density at radius 1 is 1.47 bits per heavy atom. The third kappa shape index (κ3) is 6.36. The van der Waals surface area contributed by atoms with Gasteiger partial charge in [-0.3, -0.25) is 0 Å². The maximum atomic E-state index is 5.61. The molecule has 0 fully saturated rings. The van der Waals surface area contributed by atoms with E-state index in [4.69, 9.17) is 22.7 Å². The van der Waals surface area contributed by atoms with E-state index in [1.165, 1.54) is 0 Å². The zero-order valence-electron chi connectivity index (χ0n) is 11.4. The molecule has 0 saturated heterocycles. The molecule has 1 aromatic rings. The van der Waals surface area contributed by atoms with Crippen LogP contribution in [0.25, 0.3) is 0 Å². The van der Waals surface area contributed by atoms with Crippen LogP contribution in [0.2, 0.25) is 0 Å². The first kappa shape index (κ1) is 16.4. The van der Waals surface area contributed by atoms with Gasteiger partial charge in [-0.15, -0.1) is 0 Å². The van der Waals surface area contributed by atoms with Gasteiger partial charge in [0.25, 0.3) is 0 Å². The smallest absolute Gasteiger partial charge is 0.105 e. The SMILES string of the molecule is CC(C)COCCCNc1ccc(C(N)=S)c(Br)c1. The minimum atomic E-state index is 0.403. The number of hydrogen-bond donors (Lipinski definition) is 2. The average molecular weight is 345 g/mol. The Morgan fingerprint density at radius 2 is 2.21 bits per heavy atom. The Morgan fingerprint density at radius 3 is 2.79 bits per heavy atom. The molecule has 3 nitrogen and oxygen atoms in total. The molecule has 0 bridgehead atoms. The van der Waals surface area contributed by atoms with Crippen LogP contribution in [0.4, 0.5) is 5.69 Å². The maximum absolute atomic E-state index is 5.61. The minimum absolute atomic E-state index is 0.403. The molecule has 106 valence electrons. The number of nitrogens with two attached hydrogens (primary N) is 1. The van der Waals surface area contributed by atoms with E-state index in [-0.39, 0.29) is 0 Å². The van der Waals surface area contributed by atoms with Gasteiger partial charge in [0.05, 0.1) is 0 Å². The van der Waals surface area contributed by atoms with E-state index >= 15 is 0 Å². The molecule has 0 atom stereocenters. The van der Waals surface area contributed by atoms with Crippen molar-refractivity contribution < 1.29 is 4.74 Å². The van der Waals surface area contributed by atoms with Crippen molar-refractivity contribution >= 4 is 38.8 Å². The highest BCUT2D eigenvalue weighted by Crippen LogP contribution is 2.21. The average Bonchev–Trinajstić information content (AvgIpc) is 2.32. The highest BCUT2D eigenvalue weighted by molar-refractivity contribution is 9.10. The van der Waals surface area contributed by atoms with Gasteiger partial charge in [-0.1, -0.05) is 26.1 Å². The largest absolute Gasteiger partial charge is 0.389 e. The number of anilines is 1. The molecule has 3 N–H and O–H groups in total. The number of rotatable bonds is 8. The van der Waals surface area contributed by atoms with Crippen LogP contribution in [0.5, 0.6) is 0 Å². The molecule has 19 heavy (non-hydrogen) atoms. The van der Waals surface area contributed by atoms with Crippen LogP contribution in [0.15, 0.2) is 22.7 Å². The van der Waals surface area contributed by atoms with Gasteiger partial charge in [-0.2, -0.15) is 0 Å². The van der Waals surface area contributed by atoms with Gasteiger partial charge in [-0.05, 0) is 46.5 Å². The van der Waals surface area contributed by atoms with Gasteiger partial charge in [0.2, 0.25) is 0 Å². The first-order valence-corrected chi connectivity index (χ1v) is 7.61. The molecule has 0 unspecified atom stereocenters. The zero-order chi connectivity index (χ0) is 14.3. The summed E-state index contributed by atoms with van der Waals surface area (Å²) in [5, 5.41) is 3.35. The van der Waals surface area contributed by atoms with E-state index < -0.39 is 0 Å². The highest BCUT2D eigenvalue weighted by atomic mass is 79.9. The lowest BCUT2D eigenvalue weighted by molar-refractivity contribution is 0.110. The Hall–Kier alpha value is -0.650. The van der Waals surface area contributed by atoms with E-state index in [2.05, 4.69) is 35.1 Å². The molecule has 0 heterocycles. The van der Waals surface area contributed by atoms with E-state index in [1.54, 1.807) is 0 Å². The lowest BCUT2D eigenvalue weighted by Crippen LogP contribution is -2.11. The van der Waals surface area contributed by atoms with Crippen LogP contribution in [-0.2, 0) is 4.74 Å². The summed E-state index contributed by atoms with van der Waals surface area (Å²) >= 11 is 8.43. The van der Waals surface area contributed by atoms with Crippen molar-refractivity contribution in [3.63, 3.8) is 0 Å². The summed E-state index contributed by atoms with van der Waals surface area (Å²) in [5.74, 6) is 0.594. The quantitative estimate of drug-likeness (QED) is 0.559. The van der Waals surface area contributed by atoms with E-state index in [0.717, 1.165) is 41.9 Å². The van der Waals surface area contributed by atoms with Crippen LogP contribution in [0, 0.1) is 5.92 Å². The second-order valence-electron chi connectivity index (χ2n) is 4.81. The van der Waals surface area contributed by atoms with Crippen molar-refractivity contribution in [3.05, 3.63) is 28.2 Å². The van der Waals surface area contributed by atoms with E-state index in [9.17, 15) is 0 Å². The fraction of sp³-hybridized carbons (Fsp3) is 0.500. The number of thiocarbonyl (C=S) groups is 1. The second kappa shape index (κ2) is 8.51. The molecule has 5 heteroatoms. The van der Waals surface area contributed by atoms with Crippen LogP contribution in [0.3, 0.4) is 0 Å². The summed E-state index contributed by atoms with van der Waals surface area (Å²) in [7, 11) is 0. The highest BCUT2D eigenvalue weighted by Gasteiger charge is 2.03. The van der Waals surface area contributed by atoms with Crippen LogP contribution >= 0.6 is 28.1 Å². The maximum Gasteiger partial charge on any atom is 0.105 e. The first-order valence-electron chi connectivity index (χ1n) is 6.41. The molecular weight excluding hydrogens is 324 g/mol. The number of hydrogen-bond acceptors (Lipinski definition) is 3. The predicted octanol–water partition coefficient (Wildman–Crippen LogP) is 3.56. The van der Waals surface area contributed by atoms with E-state index in [1.807, 2.05) is 18.2 Å². The normalized spacial score (nSPS) is 10.7. The first-order chi connectivity index (χ1) is 9.00.